The molecule has 3 heterocycles. The summed E-state index contributed by atoms with van der Waals surface area (Å²) in [4.78, 5) is 42.1. The van der Waals surface area contributed by atoms with E-state index in [9.17, 15) is 22.8 Å². The number of rotatable bonds is 5. The summed E-state index contributed by atoms with van der Waals surface area (Å²) in [6.07, 6.45) is 0.434. The highest BCUT2D eigenvalue weighted by Gasteiger charge is 2.44. The lowest BCUT2D eigenvalue weighted by Crippen LogP contribution is -2.70. The van der Waals surface area contributed by atoms with Crippen molar-refractivity contribution in [1.29, 1.82) is 0 Å². The molecule has 1 aromatic heterocycles. The molecule has 4 rings (SSSR count). The number of hydrogen-bond donors (Lipinski definition) is 1. The molecule has 2 unspecified atom stereocenters. The van der Waals surface area contributed by atoms with E-state index >= 15 is 0 Å². The predicted molar refractivity (Wildman–Crippen MR) is 111 cm³/mol. The molecule has 10 heteroatoms. The largest absolute Gasteiger partial charge is 0.342 e. The minimum atomic E-state index is -3.77. The number of sulfone groups is 1. The van der Waals surface area contributed by atoms with Gasteiger partial charge in [-0.2, -0.15) is 0 Å². The summed E-state index contributed by atoms with van der Waals surface area (Å²) >= 11 is 1.53. The van der Waals surface area contributed by atoms with E-state index in [1.807, 2.05) is 17.5 Å². The smallest absolute Gasteiger partial charge is 0.246 e. The summed E-state index contributed by atoms with van der Waals surface area (Å²) in [5.74, 6) is -1.73. The third-order valence-electron chi connectivity index (χ3n) is 5.33. The van der Waals surface area contributed by atoms with Crippen molar-refractivity contribution >= 4 is 38.9 Å². The number of piperazine rings is 2. The van der Waals surface area contributed by atoms with Crippen LogP contribution in [0.1, 0.15) is 4.88 Å². The average molecular weight is 448 g/mol. The molecule has 8 nitrogen and oxygen atoms in total. The van der Waals surface area contributed by atoms with Crippen LogP contribution in [0.3, 0.4) is 0 Å². The highest BCUT2D eigenvalue weighted by molar-refractivity contribution is 7.92. The summed E-state index contributed by atoms with van der Waals surface area (Å²) in [6.45, 7) is 0.395. The van der Waals surface area contributed by atoms with Crippen molar-refractivity contribution in [3.8, 4) is 0 Å². The van der Waals surface area contributed by atoms with E-state index in [1.165, 1.54) is 33.3 Å². The zero-order valence-electron chi connectivity index (χ0n) is 16.1. The lowest BCUT2D eigenvalue weighted by atomic mass is 10.0. The summed E-state index contributed by atoms with van der Waals surface area (Å²) in [5.41, 5.74) is 0. The summed E-state index contributed by atoms with van der Waals surface area (Å²) in [7, 11) is -3.77. The van der Waals surface area contributed by atoms with Gasteiger partial charge in [0.05, 0.1) is 11.4 Å². The minimum Gasteiger partial charge on any atom is -0.342 e. The molecule has 2 aliphatic rings. The SMILES string of the molecule is O=C1NC(Cc2cccs2)C(=O)N2CCN(C(=O)CS(=O)(=O)c3ccccc3)CC12. The second-order valence-corrected chi connectivity index (χ2v) is 10.3. The fourth-order valence-electron chi connectivity index (χ4n) is 3.76. The summed E-state index contributed by atoms with van der Waals surface area (Å²) in [6, 6.07) is 10.2. The number of nitrogens with zero attached hydrogens (tertiary/aromatic N) is 2. The zero-order chi connectivity index (χ0) is 21.3. The van der Waals surface area contributed by atoms with Crippen LogP contribution in [0.25, 0.3) is 0 Å². The maximum atomic E-state index is 12.8. The highest BCUT2D eigenvalue weighted by atomic mass is 32.2. The Balaban J connectivity index is 1.42. The number of amides is 3. The normalized spacial score (nSPS) is 21.9. The second kappa shape index (κ2) is 8.19. The monoisotopic (exact) mass is 447 g/mol. The van der Waals surface area contributed by atoms with Crippen LogP contribution in [0.5, 0.6) is 0 Å². The Morgan fingerprint density at radius 3 is 2.57 bits per heavy atom. The zero-order valence-corrected chi connectivity index (χ0v) is 17.7. The Kier molecular flexibility index (Phi) is 5.61. The van der Waals surface area contributed by atoms with E-state index in [2.05, 4.69) is 5.32 Å². The fraction of sp³-hybridized carbons (Fsp3) is 0.350. The Morgan fingerprint density at radius 1 is 1.10 bits per heavy atom. The Labute approximate surface area is 178 Å². The molecule has 0 aliphatic carbocycles. The van der Waals surface area contributed by atoms with Crippen molar-refractivity contribution in [3.63, 3.8) is 0 Å². The van der Waals surface area contributed by atoms with Crippen molar-refractivity contribution in [3.05, 3.63) is 52.7 Å². The van der Waals surface area contributed by atoms with Gasteiger partial charge in [0, 0.05) is 24.4 Å². The van der Waals surface area contributed by atoms with Crippen LogP contribution >= 0.6 is 11.3 Å². The molecule has 0 bridgehead atoms. The molecule has 3 amide bonds. The first kappa shape index (κ1) is 20.5. The molecule has 158 valence electrons. The lowest BCUT2D eigenvalue weighted by Gasteiger charge is -2.45. The Bertz CT molecular complexity index is 1050. The van der Waals surface area contributed by atoms with Crippen LogP contribution < -0.4 is 5.32 Å². The van der Waals surface area contributed by atoms with Gasteiger partial charge in [-0.25, -0.2) is 8.42 Å². The highest BCUT2D eigenvalue weighted by Crippen LogP contribution is 2.21. The first-order valence-corrected chi connectivity index (χ1v) is 12.1. The maximum Gasteiger partial charge on any atom is 0.246 e. The van der Waals surface area contributed by atoms with Crippen LogP contribution in [0, 0.1) is 0 Å². The van der Waals surface area contributed by atoms with Crippen LogP contribution in [0.4, 0.5) is 0 Å². The lowest BCUT2D eigenvalue weighted by molar-refractivity contribution is -0.155. The molecule has 2 fully saturated rings. The number of carbonyl (C=O) groups excluding carboxylic acids is 3. The minimum absolute atomic E-state index is 0.00750. The Hall–Kier alpha value is -2.72. The molecule has 2 aromatic rings. The number of hydrogen-bond acceptors (Lipinski definition) is 6. The predicted octanol–water partition coefficient (Wildman–Crippen LogP) is 0.302. The molecule has 1 aromatic carbocycles. The Morgan fingerprint density at radius 2 is 1.87 bits per heavy atom. The van der Waals surface area contributed by atoms with E-state index in [4.69, 9.17) is 0 Å². The van der Waals surface area contributed by atoms with Crippen LogP contribution in [-0.4, -0.2) is 73.4 Å². The summed E-state index contributed by atoms with van der Waals surface area (Å²) in [5, 5.41) is 4.68. The topological polar surface area (TPSA) is 104 Å². The molecule has 0 radical (unpaired) electrons. The molecular weight excluding hydrogens is 426 g/mol. The van der Waals surface area contributed by atoms with Crippen LogP contribution in [0.2, 0.25) is 0 Å². The number of thiophene rings is 1. The number of nitrogens with one attached hydrogen (secondary N) is 1. The van der Waals surface area contributed by atoms with Gasteiger partial charge in [-0.3, -0.25) is 14.4 Å². The average Bonchev–Trinajstić information content (AvgIpc) is 3.25. The molecule has 0 spiro atoms. The van der Waals surface area contributed by atoms with Crippen molar-refractivity contribution in [2.45, 2.75) is 23.4 Å². The number of fused-ring (bicyclic) bond motifs is 1. The van der Waals surface area contributed by atoms with E-state index in [1.54, 1.807) is 18.2 Å². The summed E-state index contributed by atoms with van der Waals surface area (Å²) < 4.78 is 25.0. The maximum absolute atomic E-state index is 12.8. The van der Waals surface area contributed by atoms with Gasteiger partial charge in [0.2, 0.25) is 17.7 Å². The fourth-order valence-corrected chi connectivity index (χ4v) is 5.76. The van der Waals surface area contributed by atoms with Crippen molar-refractivity contribution in [1.82, 2.24) is 15.1 Å². The second-order valence-electron chi connectivity index (χ2n) is 7.30. The third kappa shape index (κ3) is 4.10. The quantitative estimate of drug-likeness (QED) is 0.710. The number of carbonyl (C=O) groups is 3. The van der Waals surface area contributed by atoms with Gasteiger partial charge >= 0.3 is 0 Å². The van der Waals surface area contributed by atoms with Crippen molar-refractivity contribution in [2.75, 3.05) is 25.4 Å². The third-order valence-corrected chi connectivity index (χ3v) is 7.85. The van der Waals surface area contributed by atoms with Gasteiger partial charge < -0.3 is 15.1 Å². The molecule has 2 atom stereocenters. The van der Waals surface area contributed by atoms with Gasteiger partial charge in [-0.1, -0.05) is 24.3 Å². The van der Waals surface area contributed by atoms with E-state index in [-0.39, 0.29) is 36.3 Å². The number of benzene rings is 1. The van der Waals surface area contributed by atoms with E-state index < -0.39 is 33.6 Å². The molecule has 30 heavy (non-hydrogen) atoms. The van der Waals surface area contributed by atoms with Gasteiger partial charge in [-0.05, 0) is 23.6 Å². The van der Waals surface area contributed by atoms with Crippen LogP contribution in [0.15, 0.2) is 52.7 Å². The van der Waals surface area contributed by atoms with Gasteiger partial charge in [-0.15, -0.1) is 11.3 Å². The molecular formula is C20H21N3O5S2. The van der Waals surface area contributed by atoms with Gasteiger partial charge in [0.15, 0.2) is 9.84 Å². The molecule has 1 N–H and O–H groups in total. The first-order valence-electron chi connectivity index (χ1n) is 9.54. The molecule has 2 aliphatic heterocycles. The van der Waals surface area contributed by atoms with Gasteiger partial charge in [0.25, 0.3) is 0 Å². The first-order chi connectivity index (χ1) is 14.3. The molecule has 2 saturated heterocycles. The van der Waals surface area contributed by atoms with E-state index in [0.717, 1.165) is 4.88 Å². The molecule has 0 saturated carbocycles. The van der Waals surface area contributed by atoms with Crippen LogP contribution in [-0.2, 0) is 30.6 Å². The van der Waals surface area contributed by atoms with Crippen molar-refractivity contribution in [2.24, 2.45) is 0 Å². The van der Waals surface area contributed by atoms with Gasteiger partial charge in [0.1, 0.15) is 17.8 Å². The van der Waals surface area contributed by atoms with E-state index in [0.29, 0.717) is 6.42 Å². The standard InChI is InChI=1S/C20H21N3O5S2/c24-18(13-30(27,28)15-6-2-1-3-7-15)22-8-9-23-17(12-22)19(25)21-16(20(23)26)11-14-5-4-10-29-14/h1-7,10,16-17H,8-9,11-13H2,(H,21,25). The van der Waals surface area contributed by atoms with Crippen molar-refractivity contribution < 1.29 is 22.8 Å².